The third kappa shape index (κ3) is 3.07. The Kier molecular flexibility index (Phi) is 4.32. The maximum Gasteiger partial charge on any atom is 0.0393 e. The first-order chi connectivity index (χ1) is 12.3. The van der Waals surface area contributed by atoms with Gasteiger partial charge in [0.2, 0.25) is 0 Å². The van der Waals surface area contributed by atoms with E-state index < -0.39 is 0 Å². The molecule has 25 heavy (non-hydrogen) atoms. The van der Waals surface area contributed by atoms with Crippen LogP contribution in [0.5, 0.6) is 0 Å². The van der Waals surface area contributed by atoms with Crippen LogP contribution in [0.15, 0.2) is 103 Å². The van der Waals surface area contributed by atoms with Crippen molar-refractivity contribution in [3.05, 3.63) is 103 Å². The molecule has 0 amide bonds. The lowest BCUT2D eigenvalue weighted by Crippen LogP contribution is -2.09. The van der Waals surface area contributed by atoms with E-state index in [0.717, 1.165) is 10.2 Å². The predicted molar refractivity (Wildman–Crippen MR) is 112 cm³/mol. The summed E-state index contributed by atoms with van der Waals surface area (Å²) in [5, 5.41) is 1.43. The zero-order chi connectivity index (χ0) is 17.1. The Balaban J connectivity index is 2.08. The molecule has 120 valence electrons. The van der Waals surface area contributed by atoms with Crippen LogP contribution in [0.3, 0.4) is 0 Å². The third-order valence-corrected chi connectivity index (χ3v) is 5.46. The number of rotatable bonds is 3. The van der Waals surface area contributed by atoms with Gasteiger partial charge in [-0.2, -0.15) is 0 Å². The second kappa shape index (κ2) is 6.92. The van der Waals surface area contributed by atoms with Crippen LogP contribution in [-0.4, -0.2) is 10.2 Å². The summed E-state index contributed by atoms with van der Waals surface area (Å²) in [4.78, 5) is 0. The molecule has 0 spiro atoms. The Bertz CT molecular complexity index is 974. The van der Waals surface area contributed by atoms with E-state index in [1.54, 1.807) is 0 Å². The molecule has 4 aromatic rings. The number of hydrogen-bond acceptors (Lipinski definition) is 0. The van der Waals surface area contributed by atoms with Crippen LogP contribution in [0.4, 0.5) is 0 Å². The van der Waals surface area contributed by atoms with Crippen LogP contribution in [0.1, 0.15) is 0 Å². The summed E-state index contributed by atoms with van der Waals surface area (Å²) in [6.45, 7) is 0. The Labute approximate surface area is 152 Å². The molecule has 0 atom stereocenters. The van der Waals surface area contributed by atoms with Crippen LogP contribution in [0, 0.1) is 0 Å². The van der Waals surface area contributed by atoms with Crippen molar-refractivity contribution in [3.63, 3.8) is 0 Å². The molecule has 0 aliphatic rings. The summed E-state index contributed by atoms with van der Waals surface area (Å²) in [5.41, 5.74) is 7.85. The summed E-state index contributed by atoms with van der Waals surface area (Å²) < 4.78 is 0. The zero-order valence-corrected chi connectivity index (χ0v) is 16.3. The minimum atomic E-state index is 1.02. The normalized spacial score (nSPS) is 10.7. The van der Waals surface area contributed by atoms with Gasteiger partial charge in [0, 0.05) is 10.2 Å². The van der Waals surface area contributed by atoms with E-state index in [2.05, 4.69) is 103 Å². The van der Waals surface area contributed by atoms with Crippen molar-refractivity contribution in [2.45, 2.75) is 0 Å². The quantitative estimate of drug-likeness (QED) is 0.477. The number of benzene rings is 4. The van der Waals surface area contributed by atoms with E-state index in [1.807, 2.05) is 0 Å². The van der Waals surface area contributed by atoms with Gasteiger partial charge in [0.1, 0.15) is 0 Å². The van der Waals surface area contributed by atoms with Gasteiger partial charge in [-0.3, -0.25) is 0 Å². The highest BCUT2D eigenvalue weighted by atomic mass is 28.1. The molecule has 0 aliphatic heterocycles. The summed E-state index contributed by atoms with van der Waals surface area (Å²) in [7, 11) is 1.02. The van der Waals surface area contributed by atoms with Crippen molar-refractivity contribution in [2.75, 3.05) is 0 Å². The van der Waals surface area contributed by atoms with E-state index in [4.69, 9.17) is 0 Å². The minimum absolute atomic E-state index is 1.02. The van der Waals surface area contributed by atoms with E-state index in [0.29, 0.717) is 0 Å². The van der Waals surface area contributed by atoms with Crippen LogP contribution < -0.4 is 5.19 Å². The van der Waals surface area contributed by atoms with E-state index >= 15 is 0 Å². The summed E-state index contributed by atoms with van der Waals surface area (Å²) in [6.07, 6.45) is 0. The summed E-state index contributed by atoms with van der Waals surface area (Å²) in [5.74, 6) is 0. The van der Waals surface area contributed by atoms with Gasteiger partial charge >= 0.3 is 0 Å². The molecule has 0 saturated carbocycles. The van der Waals surface area contributed by atoms with Crippen LogP contribution in [-0.2, 0) is 0 Å². The van der Waals surface area contributed by atoms with Gasteiger partial charge in [-0.05, 0) is 33.4 Å². The molecule has 0 radical (unpaired) electrons. The Hall–Kier alpha value is -2.90. The lowest BCUT2D eigenvalue weighted by molar-refractivity contribution is 1.57. The Morgan fingerprint density at radius 1 is 0.400 bits per heavy atom. The second-order valence-electron chi connectivity index (χ2n) is 6.28. The van der Waals surface area contributed by atoms with Crippen molar-refractivity contribution < 1.29 is 0 Å². The largest absolute Gasteiger partial charge is 0.0628 e. The molecule has 0 heterocycles. The van der Waals surface area contributed by atoms with Crippen LogP contribution in [0.25, 0.3) is 33.4 Å². The highest BCUT2D eigenvalue weighted by Crippen LogP contribution is 2.38. The molecule has 0 unspecified atom stereocenters. The zero-order valence-electron chi connectivity index (χ0n) is 14.3. The molecule has 4 aromatic carbocycles. The maximum absolute atomic E-state index is 2.29. The molecule has 0 N–H and O–H groups in total. The number of hydrogen-bond donors (Lipinski definition) is 0. The minimum Gasteiger partial charge on any atom is -0.0628 e. The fourth-order valence-corrected chi connectivity index (χ4v) is 4.15. The summed E-state index contributed by atoms with van der Waals surface area (Å²) >= 11 is 0. The van der Waals surface area contributed by atoms with Gasteiger partial charge < -0.3 is 0 Å². The standard InChI is InChI=1S/C24H20Si/c25-22-17-16-21(18-10-4-1-5-11-18)23(19-12-6-2-7-13-19)24(22)20-14-8-3-9-15-20/h1-17H,25H3. The van der Waals surface area contributed by atoms with Crippen molar-refractivity contribution in [2.24, 2.45) is 0 Å². The first-order valence-corrected chi connectivity index (χ1v) is 9.64. The molecular weight excluding hydrogens is 316 g/mol. The second-order valence-corrected chi connectivity index (χ2v) is 7.36. The fourth-order valence-electron chi connectivity index (χ4n) is 3.45. The average molecular weight is 337 g/mol. The van der Waals surface area contributed by atoms with Gasteiger partial charge in [0.05, 0.1) is 0 Å². The topological polar surface area (TPSA) is 0 Å². The van der Waals surface area contributed by atoms with Crippen molar-refractivity contribution in [1.82, 2.24) is 0 Å². The third-order valence-electron chi connectivity index (χ3n) is 4.62. The Morgan fingerprint density at radius 2 is 0.840 bits per heavy atom. The van der Waals surface area contributed by atoms with Gasteiger partial charge in [0.15, 0.2) is 0 Å². The lowest BCUT2D eigenvalue weighted by atomic mass is 9.87. The molecule has 0 aromatic heterocycles. The van der Waals surface area contributed by atoms with Crippen molar-refractivity contribution in [3.8, 4) is 33.4 Å². The maximum atomic E-state index is 2.29. The molecule has 1 heteroatoms. The Morgan fingerprint density at radius 3 is 1.36 bits per heavy atom. The molecule has 0 nitrogen and oxygen atoms in total. The highest BCUT2D eigenvalue weighted by molar-refractivity contribution is 6.37. The molecular formula is C24H20Si. The van der Waals surface area contributed by atoms with Crippen molar-refractivity contribution >= 4 is 15.4 Å². The molecule has 0 aliphatic carbocycles. The molecule has 4 rings (SSSR count). The first-order valence-electron chi connectivity index (χ1n) is 8.64. The first kappa shape index (κ1) is 15.6. The van der Waals surface area contributed by atoms with Gasteiger partial charge in [-0.15, -0.1) is 0 Å². The monoisotopic (exact) mass is 336 g/mol. The van der Waals surface area contributed by atoms with E-state index in [1.165, 1.54) is 38.6 Å². The smallest absolute Gasteiger partial charge is 0.0393 e. The van der Waals surface area contributed by atoms with Crippen LogP contribution in [0.2, 0.25) is 0 Å². The van der Waals surface area contributed by atoms with E-state index in [9.17, 15) is 0 Å². The average Bonchev–Trinajstić information content (AvgIpc) is 2.70. The van der Waals surface area contributed by atoms with Crippen molar-refractivity contribution in [1.29, 1.82) is 0 Å². The predicted octanol–water partition coefficient (Wildman–Crippen LogP) is 4.68. The van der Waals surface area contributed by atoms with Gasteiger partial charge in [0.25, 0.3) is 0 Å². The van der Waals surface area contributed by atoms with Crippen LogP contribution >= 0.6 is 0 Å². The van der Waals surface area contributed by atoms with Gasteiger partial charge in [-0.1, -0.05) is 108 Å². The fraction of sp³-hybridized carbons (Fsp3) is 0. The lowest BCUT2D eigenvalue weighted by Gasteiger charge is -2.19. The van der Waals surface area contributed by atoms with Gasteiger partial charge in [-0.25, -0.2) is 0 Å². The highest BCUT2D eigenvalue weighted by Gasteiger charge is 2.15. The molecule has 0 bridgehead atoms. The molecule has 0 fully saturated rings. The molecule has 0 saturated heterocycles. The SMILES string of the molecule is [SiH3]c1ccc(-c2ccccc2)c(-c2ccccc2)c1-c1ccccc1. The summed E-state index contributed by atoms with van der Waals surface area (Å²) in [6, 6.07) is 36.8. The van der Waals surface area contributed by atoms with E-state index in [-0.39, 0.29) is 0 Å².